The number of rotatable bonds is 14. The summed E-state index contributed by atoms with van der Waals surface area (Å²) < 4.78 is 0. The van der Waals surface area contributed by atoms with Crippen molar-refractivity contribution in [1.29, 1.82) is 0 Å². The fourth-order valence-electron chi connectivity index (χ4n) is 2.82. The van der Waals surface area contributed by atoms with Crippen LogP contribution >= 0.6 is 11.8 Å². The number of thioether (sulfide) groups is 1. The van der Waals surface area contributed by atoms with Crippen molar-refractivity contribution in [2.45, 2.75) is 63.4 Å². The Bertz CT molecular complexity index is 553. The van der Waals surface area contributed by atoms with E-state index in [1.165, 1.54) is 63.5 Å². The Balaban J connectivity index is 1.45. The number of aromatic amines is 1. The van der Waals surface area contributed by atoms with Gasteiger partial charge in [0.25, 0.3) is 0 Å². The van der Waals surface area contributed by atoms with Gasteiger partial charge >= 0.3 is 0 Å². The van der Waals surface area contributed by atoms with Crippen LogP contribution in [-0.4, -0.2) is 28.8 Å². The van der Waals surface area contributed by atoms with Crippen LogP contribution in [0.1, 0.15) is 58.3 Å². The molecule has 0 aliphatic heterocycles. The summed E-state index contributed by atoms with van der Waals surface area (Å²) in [6, 6.07) is 10.4. The molecule has 0 spiro atoms. The second-order valence-electron chi connectivity index (χ2n) is 6.54. The quantitative estimate of drug-likeness (QED) is 0.326. The van der Waals surface area contributed by atoms with Crippen molar-refractivity contribution < 1.29 is 0 Å². The second-order valence-corrected chi connectivity index (χ2v) is 7.63. The highest BCUT2D eigenvalue weighted by atomic mass is 32.2. The summed E-state index contributed by atoms with van der Waals surface area (Å²) in [5.41, 5.74) is 2.30. The van der Waals surface area contributed by atoms with Crippen molar-refractivity contribution in [3.8, 4) is 11.3 Å². The van der Waals surface area contributed by atoms with Crippen molar-refractivity contribution in [2.75, 3.05) is 18.8 Å². The smallest absolute Gasteiger partial charge is 0.165 e. The van der Waals surface area contributed by atoms with Gasteiger partial charge in [-0.3, -0.25) is 0 Å². The minimum absolute atomic E-state index is 1.03. The summed E-state index contributed by atoms with van der Waals surface area (Å²) in [5, 5.41) is 4.60. The maximum absolute atomic E-state index is 4.48. The molecule has 0 aliphatic rings. The molecule has 0 bridgehead atoms. The highest BCUT2D eigenvalue weighted by molar-refractivity contribution is 7.99. The predicted octanol–water partition coefficient (Wildman–Crippen LogP) is 5.90. The summed E-state index contributed by atoms with van der Waals surface area (Å²) in [5.74, 6) is 1.14. The molecule has 0 unspecified atom stereocenters. The van der Waals surface area contributed by atoms with E-state index in [1.54, 1.807) is 0 Å². The molecule has 0 radical (unpaired) electrons. The third kappa shape index (κ3) is 8.59. The fourth-order valence-corrected chi connectivity index (χ4v) is 3.67. The third-order valence-electron chi connectivity index (χ3n) is 4.33. The zero-order valence-electron chi connectivity index (χ0n) is 15.6. The zero-order valence-corrected chi connectivity index (χ0v) is 16.4. The Morgan fingerprint density at radius 3 is 2.40 bits per heavy atom. The van der Waals surface area contributed by atoms with Gasteiger partial charge < -0.3 is 10.3 Å². The topological polar surface area (TPSA) is 40.7 Å². The second kappa shape index (κ2) is 13.0. The van der Waals surface area contributed by atoms with E-state index in [0.29, 0.717) is 0 Å². The van der Waals surface area contributed by atoms with Gasteiger partial charge in [0, 0.05) is 5.75 Å². The average molecular weight is 360 g/mol. The first-order valence-electron chi connectivity index (χ1n) is 9.84. The number of hydrogen-bond donors (Lipinski definition) is 2. The normalized spacial score (nSPS) is 11.1. The van der Waals surface area contributed by atoms with E-state index in [-0.39, 0.29) is 0 Å². The minimum atomic E-state index is 1.03. The van der Waals surface area contributed by atoms with Crippen LogP contribution in [-0.2, 0) is 0 Å². The average Bonchev–Trinajstić information content (AvgIpc) is 3.12. The zero-order chi connectivity index (χ0) is 17.6. The lowest BCUT2D eigenvalue weighted by Crippen LogP contribution is -2.16. The molecule has 0 amide bonds. The highest BCUT2D eigenvalue weighted by Crippen LogP contribution is 2.21. The first-order valence-corrected chi connectivity index (χ1v) is 10.8. The Kier molecular flexibility index (Phi) is 10.4. The van der Waals surface area contributed by atoms with E-state index >= 15 is 0 Å². The molecule has 2 aromatic rings. The standard InChI is InChI=1S/C21H33N3S/c1-2-3-4-5-10-15-22-16-11-7-12-17-25-21-23-18-20(24-21)19-13-8-6-9-14-19/h6,8-9,13-14,18,22H,2-5,7,10-12,15-17H2,1H3,(H,23,24). The molecule has 0 aliphatic carbocycles. The molecule has 2 N–H and O–H groups in total. The van der Waals surface area contributed by atoms with Crippen LogP contribution in [0, 0.1) is 0 Å². The molecule has 4 heteroatoms. The summed E-state index contributed by atoms with van der Waals surface area (Å²) in [6.07, 6.45) is 12.6. The Hall–Kier alpha value is -1.26. The highest BCUT2D eigenvalue weighted by Gasteiger charge is 2.03. The first-order chi connectivity index (χ1) is 12.4. The number of nitrogens with one attached hydrogen (secondary N) is 2. The largest absolute Gasteiger partial charge is 0.333 e. The van der Waals surface area contributed by atoms with E-state index in [4.69, 9.17) is 0 Å². The Morgan fingerprint density at radius 2 is 1.64 bits per heavy atom. The van der Waals surface area contributed by atoms with E-state index in [9.17, 15) is 0 Å². The van der Waals surface area contributed by atoms with Crippen molar-refractivity contribution in [3.63, 3.8) is 0 Å². The molecular weight excluding hydrogens is 326 g/mol. The van der Waals surface area contributed by atoms with Crippen molar-refractivity contribution in [3.05, 3.63) is 36.5 Å². The molecule has 2 rings (SSSR count). The molecule has 0 fully saturated rings. The maximum Gasteiger partial charge on any atom is 0.165 e. The lowest BCUT2D eigenvalue weighted by molar-refractivity contribution is 0.565. The SMILES string of the molecule is CCCCCCCNCCCCCSc1ncc(-c2ccccc2)[nH]1. The van der Waals surface area contributed by atoms with Gasteiger partial charge in [0.2, 0.25) is 0 Å². The molecule has 0 saturated heterocycles. The van der Waals surface area contributed by atoms with Crippen molar-refractivity contribution >= 4 is 11.8 Å². The van der Waals surface area contributed by atoms with Gasteiger partial charge in [-0.15, -0.1) is 0 Å². The summed E-state index contributed by atoms with van der Waals surface area (Å²) in [6.45, 7) is 4.62. The number of imidazole rings is 1. The number of aromatic nitrogens is 2. The van der Waals surface area contributed by atoms with Crippen molar-refractivity contribution in [1.82, 2.24) is 15.3 Å². The minimum Gasteiger partial charge on any atom is -0.333 e. The lowest BCUT2D eigenvalue weighted by atomic mass is 10.1. The molecule has 3 nitrogen and oxygen atoms in total. The number of unbranched alkanes of at least 4 members (excludes halogenated alkanes) is 6. The molecule has 138 valence electrons. The molecule has 0 saturated carbocycles. The van der Waals surface area contributed by atoms with E-state index in [2.05, 4.69) is 46.5 Å². The van der Waals surface area contributed by atoms with Crippen LogP contribution in [0.5, 0.6) is 0 Å². The molecule has 1 heterocycles. The maximum atomic E-state index is 4.48. The monoisotopic (exact) mass is 359 g/mol. The molecule has 1 aromatic carbocycles. The van der Waals surface area contributed by atoms with Crippen LogP contribution in [0.3, 0.4) is 0 Å². The molecular formula is C21H33N3S. The van der Waals surface area contributed by atoms with Gasteiger partial charge in [-0.1, -0.05) is 81.1 Å². The summed E-state index contributed by atoms with van der Waals surface area (Å²) in [7, 11) is 0. The van der Waals surface area contributed by atoms with Crippen LogP contribution in [0.25, 0.3) is 11.3 Å². The van der Waals surface area contributed by atoms with Crippen LogP contribution in [0.4, 0.5) is 0 Å². The van der Waals surface area contributed by atoms with Crippen LogP contribution in [0.15, 0.2) is 41.7 Å². The van der Waals surface area contributed by atoms with E-state index < -0.39 is 0 Å². The van der Waals surface area contributed by atoms with Gasteiger partial charge in [-0.05, 0) is 37.9 Å². The number of hydrogen-bond acceptors (Lipinski definition) is 3. The predicted molar refractivity (Wildman–Crippen MR) is 110 cm³/mol. The molecule has 25 heavy (non-hydrogen) atoms. The Labute approximate surface area is 157 Å². The van der Waals surface area contributed by atoms with Crippen LogP contribution in [0.2, 0.25) is 0 Å². The Morgan fingerprint density at radius 1 is 0.920 bits per heavy atom. The van der Waals surface area contributed by atoms with E-state index in [1.807, 2.05) is 24.0 Å². The summed E-state index contributed by atoms with van der Waals surface area (Å²) in [4.78, 5) is 7.89. The lowest BCUT2D eigenvalue weighted by Gasteiger charge is -2.04. The van der Waals surface area contributed by atoms with Gasteiger partial charge in [0.1, 0.15) is 0 Å². The van der Waals surface area contributed by atoms with Gasteiger partial charge in [0.15, 0.2) is 5.16 Å². The van der Waals surface area contributed by atoms with E-state index in [0.717, 1.165) is 23.1 Å². The number of H-pyrrole nitrogens is 1. The summed E-state index contributed by atoms with van der Waals surface area (Å²) >= 11 is 1.83. The first kappa shape index (κ1) is 20.1. The fraction of sp³-hybridized carbons (Fsp3) is 0.571. The molecule has 1 aromatic heterocycles. The van der Waals surface area contributed by atoms with Crippen molar-refractivity contribution in [2.24, 2.45) is 0 Å². The van der Waals surface area contributed by atoms with Gasteiger partial charge in [-0.2, -0.15) is 0 Å². The number of nitrogens with zero attached hydrogens (tertiary/aromatic N) is 1. The van der Waals surface area contributed by atoms with Gasteiger partial charge in [-0.25, -0.2) is 4.98 Å². The molecule has 0 atom stereocenters. The van der Waals surface area contributed by atoms with Crippen LogP contribution < -0.4 is 5.32 Å². The van der Waals surface area contributed by atoms with Gasteiger partial charge in [0.05, 0.1) is 11.9 Å². The number of benzene rings is 1. The third-order valence-corrected chi connectivity index (χ3v) is 5.30.